The summed E-state index contributed by atoms with van der Waals surface area (Å²) in [4.78, 5) is 27.2. The van der Waals surface area contributed by atoms with E-state index in [0.29, 0.717) is 51.5 Å². The summed E-state index contributed by atoms with van der Waals surface area (Å²) in [6.07, 6.45) is 1.82. The van der Waals surface area contributed by atoms with Gasteiger partial charge in [-0.1, -0.05) is 23.3 Å². The fourth-order valence-corrected chi connectivity index (χ4v) is 3.03. The van der Waals surface area contributed by atoms with Gasteiger partial charge in [-0.3, -0.25) is 4.79 Å². The number of benzene rings is 1. The Balaban J connectivity index is 1.44. The minimum atomic E-state index is -0.222. The molecule has 150 valence electrons. The molecule has 2 heterocycles. The quantitative estimate of drug-likeness (QED) is 0.554. The van der Waals surface area contributed by atoms with Gasteiger partial charge in [0.05, 0.1) is 12.8 Å². The number of amides is 2. The molecule has 0 bridgehead atoms. The van der Waals surface area contributed by atoms with Gasteiger partial charge in [0.15, 0.2) is 0 Å². The Morgan fingerprint density at radius 3 is 2.57 bits per heavy atom. The first-order chi connectivity index (χ1) is 13.7. The Hall–Kier alpha value is -3.17. The molecule has 0 radical (unpaired) electrons. The number of carbonyl (C=O) groups is 2. The van der Waals surface area contributed by atoms with E-state index < -0.39 is 0 Å². The number of ether oxygens (including phenoxy) is 1. The van der Waals surface area contributed by atoms with Crippen LogP contribution in [-0.4, -0.2) is 76.9 Å². The van der Waals surface area contributed by atoms with Crippen LogP contribution in [0.4, 0.5) is 10.7 Å². The molecule has 1 aromatic heterocycles. The molecule has 1 aliphatic rings. The number of nitrogens with one attached hydrogen (secondary N) is 1. The topological polar surface area (TPSA) is 105 Å². The average molecular weight is 387 g/mol. The van der Waals surface area contributed by atoms with E-state index in [-0.39, 0.29) is 12.0 Å². The van der Waals surface area contributed by atoms with E-state index in [1.165, 1.54) is 7.11 Å². The van der Waals surface area contributed by atoms with Gasteiger partial charge in [-0.2, -0.15) is 4.68 Å². The van der Waals surface area contributed by atoms with Gasteiger partial charge in [-0.25, -0.2) is 4.79 Å². The highest BCUT2D eigenvalue weighted by atomic mass is 16.5. The van der Waals surface area contributed by atoms with Crippen molar-refractivity contribution in [2.75, 3.05) is 44.7 Å². The molecule has 0 saturated carbocycles. The molecule has 1 aromatic carbocycles. The number of methoxy groups -OCH3 is 1. The van der Waals surface area contributed by atoms with Gasteiger partial charge in [0.1, 0.15) is 0 Å². The van der Waals surface area contributed by atoms with E-state index in [4.69, 9.17) is 0 Å². The number of anilines is 1. The number of unbranched alkanes of at least 4 members (excludes halogenated alkanes) is 1. The third-order valence-corrected chi connectivity index (χ3v) is 4.62. The monoisotopic (exact) mass is 387 g/mol. The zero-order valence-corrected chi connectivity index (χ0v) is 16.0. The van der Waals surface area contributed by atoms with Crippen molar-refractivity contribution in [3.05, 3.63) is 30.3 Å². The molecule has 0 unspecified atom stereocenters. The van der Waals surface area contributed by atoms with Crippen LogP contribution < -0.4 is 10.2 Å². The van der Waals surface area contributed by atoms with Crippen LogP contribution in [0.1, 0.15) is 19.3 Å². The molecule has 2 aromatic rings. The SMILES string of the molecule is COC(=O)CCCCNC(=O)N1CCN(c2nnnn2-c2ccccc2)CC1. The Labute approximate surface area is 163 Å². The van der Waals surface area contributed by atoms with Crippen molar-refractivity contribution >= 4 is 17.9 Å². The van der Waals surface area contributed by atoms with Gasteiger partial charge in [0.25, 0.3) is 0 Å². The lowest BCUT2D eigenvalue weighted by molar-refractivity contribution is -0.140. The summed E-state index contributed by atoms with van der Waals surface area (Å²) in [7, 11) is 1.38. The third-order valence-electron chi connectivity index (χ3n) is 4.62. The van der Waals surface area contributed by atoms with Crippen molar-refractivity contribution in [1.82, 2.24) is 30.4 Å². The summed E-state index contributed by atoms with van der Waals surface area (Å²) < 4.78 is 6.30. The zero-order chi connectivity index (χ0) is 19.8. The van der Waals surface area contributed by atoms with E-state index in [9.17, 15) is 9.59 Å². The van der Waals surface area contributed by atoms with Gasteiger partial charge < -0.3 is 19.9 Å². The fraction of sp³-hybridized carbons (Fsp3) is 0.500. The number of hydrogen-bond acceptors (Lipinski definition) is 7. The van der Waals surface area contributed by atoms with Crippen molar-refractivity contribution in [2.24, 2.45) is 0 Å². The highest BCUT2D eigenvalue weighted by Crippen LogP contribution is 2.17. The van der Waals surface area contributed by atoms with E-state index >= 15 is 0 Å². The van der Waals surface area contributed by atoms with Gasteiger partial charge in [0, 0.05) is 39.1 Å². The molecule has 0 spiro atoms. The van der Waals surface area contributed by atoms with E-state index in [1.54, 1.807) is 9.58 Å². The smallest absolute Gasteiger partial charge is 0.317 e. The number of rotatable bonds is 7. The van der Waals surface area contributed by atoms with Gasteiger partial charge >= 0.3 is 12.0 Å². The van der Waals surface area contributed by atoms with Crippen molar-refractivity contribution in [3.8, 4) is 5.69 Å². The third kappa shape index (κ3) is 4.96. The summed E-state index contributed by atoms with van der Waals surface area (Å²) in [5.41, 5.74) is 0.898. The maximum atomic E-state index is 12.3. The maximum absolute atomic E-state index is 12.3. The molecule has 0 atom stereocenters. The Bertz CT molecular complexity index is 772. The largest absolute Gasteiger partial charge is 0.469 e. The second-order valence-electron chi connectivity index (χ2n) is 6.47. The number of para-hydroxylation sites is 1. The molecular weight excluding hydrogens is 362 g/mol. The molecule has 28 heavy (non-hydrogen) atoms. The fourth-order valence-electron chi connectivity index (χ4n) is 3.03. The number of aromatic nitrogens is 4. The number of esters is 1. The minimum Gasteiger partial charge on any atom is -0.469 e. The number of carbonyl (C=O) groups excluding carboxylic acids is 2. The molecule has 1 saturated heterocycles. The number of hydrogen-bond donors (Lipinski definition) is 1. The predicted molar refractivity (Wildman–Crippen MR) is 102 cm³/mol. The zero-order valence-electron chi connectivity index (χ0n) is 16.0. The molecule has 3 rings (SSSR count). The number of urea groups is 1. The van der Waals surface area contributed by atoms with Crippen molar-refractivity contribution in [2.45, 2.75) is 19.3 Å². The van der Waals surface area contributed by atoms with Crippen LogP contribution in [0, 0.1) is 0 Å². The highest BCUT2D eigenvalue weighted by molar-refractivity contribution is 5.74. The minimum absolute atomic E-state index is 0.0830. The second-order valence-corrected chi connectivity index (χ2v) is 6.47. The molecule has 1 fully saturated rings. The Kier molecular flexibility index (Phi) is 6.77. The summed E-state index contributed by atoms with van der Waals surface area (Å²) in [5, 5.41) is 14.9. The summed E-state index contributed by atoms with van der Waals surface area (Å²) in [5.74, 6) is 0.453. The molecule has 10 heteroatoms. The maximum Gasteiger partial charge on any atom is 0.317 e. The number of nitrogens with zero attached hydrogens (tertiary/aromatic N) is 6. The highest BCUT2D eigenvalue weighted by Gasteiger charge is 2.24. The van der Waals surface area contributed by atoms with Crippen molar-refractivity contribution < 1.29 is 14.3 Å². The van der Waals surface area contributed by atoms with Crippen molar-refractivity contribution in [1.29, 1.82) is 0 Å². The standard InChI is InChI=1S/C18H25N7O3/c1-28-16(26)9-5-6-10-19-18(27)24-13-11-23(12-14-24)17-20-21-22-25(17)15-7-3-2-4-8-15/h2-4,7-8H,5-6,9-14H2,1H3,(H,19,27). The molecular formula is C18H25N7O3. The van der Waals surface area contributed by atoms with Gasteiger partial charge in [-0.15, -0.1) is 0 Å². The second kappa shape index (κ2) is 9.67. The molecule has 10 nitrogen and oxygen atoms in total. The van der Waals surface area contributed by atoms with Crippen LogP contribution in [0.2, 0.25) is 0 Å². The van der Waals surface area contributed by atoms with Crippen LogP contribution in [0.15, 0.2) is 30.3 Å². The lowest BCUT2D eigenvalue weighted by Crippen LogP contribution is -2.52. The molecule has 0 aliphatic carbocycles. The van der Waals surface area contributed by atoms with Crippen LogP contribution >= 0.6 is 0 Å². The van der Waals surface area contributed by atoms with Crippen LogP contribution in [0.3, 0.4) is 0 Å². The van der Waals surface area contributed by atoms with Gasteiger partial charge in [-0.05, 0) is 35.4 Å². The van der Waals surface area contributed by atoms with Crippen LogP contribution in [0.5, 0.6) is 0 Å². The van der Waals surface area contributed by atoms with E-state index in [1.807, 2.05) is 30.3 Å². The molecule has 2 amide bonds. The van der Waals surface area contributed by atoms with Crippen molar-refractivity contribution in [3.63, 3.8) is 0 Å². The Morgan fingerprint density at radius 1 is 1.11 bits per heavy atom. The first-order valence-electron chi connectivity index (χ1n) is 9.37. The van der Waals surface area contributed by atoms with E-state index in [0.717, 1.165) is 12.1 Å². The first-order valence-corrected chi connectivity index (χ1v) is 9.37. The van der Waals surface area contributed by atoms with Crippen LogP contribution in [0.25, 0.3) is 5.69 Å². The normalized spacial score (nSPS) is 14.0. The molecule has 1 aliphatic heterocycles. The van der Waals surface area contributed by atoms with E-state index in [2.05, 4.69) is 30.5 Å². The first kappa shape index (κ1) is 19.6. The lowest BCUT2D eigenvalue weighted by atomic mass is 10.2. The summed E-state index contributed by atoms with van der Waals surface area (Å²) >= 11 is 0. The van der Waals surface area contributed by atoms with Gasteiger partial charge in [0.2, 0.25) is 5.95 Å². The number of tetrazole rings is 1. The lowest BCUT2D eigenvalue weighted by Gasteiger charge is -2.34. The van der Waals surface area contributed by atoms with Crippen LogP contribution in [-0.2, 0) is 9.53 Å². The Morgan fingerprint density at radius 2 is 1.86 bits per heavy atom. The predicted octanol–water partition coefficient (Wildman–Crippen LogP) is 0.837. The summed E-state index contributed by atoms with van der Waals surface area (Å²) in [6.45, 7) is 3.04. The molecule has 1 N–H and O–H groups in total. The summed E-state index contributed by atoms with van der Waals surface area (Å²) in [6, 6.07) is 9.64. The number of piperazine rings is 1. The average Bonchev–Trinajstić information content (AvgIpc) is 3.24.